The van der Waals surface area contributed by atoms with Crippen molar-refractivity contribution in [2.75, 3.05) is 13.7 Å². The van der Waals surface area contributed by atoms with E-state index in [-0.39, 0.29) is 30.6 Å². The number of amides is 2. The van der Waals surface area contributed by atoms with Gasteiger partial charge < -0.3 is 30.9 Å². The molecule has 5 N–H and O–H groups in total. The first kappa shape index (κ1) is 30.0. The van der Waals surface area contributed by atoms with Gasteiger partial charge in [0.05, 0.1) is 12.1 Å². The highest BCUT2D eigenvalue weighted by molar-refractivity contribution is 5.89. The topological polar surface area (TPSA) is 123 Å². The van der Waals surface area contributed by atoms with Crippen LogP contribution in [0.15, 0.2) is 61.2 Å². The van der Waals surface area contributed by atoms with Crippen molar-refractivity contribution >= 4 is 11.8 Å². The Kier molecular flexibility index (Phi) is 12.2. The molecule has 0 aromatic heterocycles. The number of carbonyl (C=O) groups excluding carboxylic acids is 2. The van der Waals surface area contributed by atoms with Crippen LogP contribution in [0.5, 0.6) is 5.75 Å². The number of benzene rings is 2. The fourth-order valence-electron chi connectivity index (χ4n) is 3.67. The minimum atomic E-state index is -1.15. The quantitative estimate of drug-likeness (QED) is 0.270. The van der Waals surface area contributed by atoms with Crippen LogP contribution in [0.25, 0.3) is 0 Å². The van der Waals surface area contributed by atoms with E-state index < -0.39 is 36.0 Å². The standard InChI is InChI=1S/C28H38FN3O5/c1-5-9-20-12-21(29)14-22(13-20)37-17-23(30)24(33)15-25(36-4)27(34)32-26(18(2)3)28(35)31-16-19-10-7-6-8-11-19/h5-8,10-14,18,23-26,33H,1,9,15-17,30H2,2-4H3,(H,31,35)(H,32,34)/t23-,24-,25+,26-/m0/s1. The van der Waals surface area contributed by atoms with Crippen LogP contribution in [0.4, 0.5) is 4.39 Å². The van der Waals surface area contributed by atoms with Gasteiger partial charge in [0.2, 0.25) is 11.8 Å². The molecule has 0 aliphatic heterocycles. The van der Waals surface area contributed by atoms with E-state index in [0.29, 0.717) is 18.5 Å². The largest absolute Gasteiger partial charge is 0.492 e. The second kappa shape index (κ2) is 15.1. The number of ether oxygens (including phenoxy) is 2. The number of halogens is 1. The Labute approximate surface area is 218 Å². The van der Waals surface area contributed by atoms with Gasteiger partial charge >= 0.3 is 0 Å². The SMILES string of the molecule is C=CCc1cc(F)cc(OC[C@H](N)[C@@H](O)C[C@@H](OC)C(=O)N[C@H](C(=O)NCc2ccccc2)C(C)C)c1. The lowest BCUT2D eigenvalue weighted by atomic mass is 10.0. The minimum Gasteiger partial charge on any atom is -0.492 e. The molecule has 0 fully saturated rings. The van der Waals surface area contributed by atoms with E-state index in [1.54, 1.807) is 12.1 Å². The van der Waals surface area contributed by atoms with Crippen LogP contribution in [0.2, 0.25) is 0 Å². The Morgan fingerprint density at radius 1 is 1.14 bits per heavy atom. The summed E-state index contributed by atoms with van der Waals surface area (Å²) >= 11 is 0. The molecule has 0 saturated heterocycles. The Balaban J connectivity index is 1.91. The molecule has 202 valence electrons. The molecule has 37 heavy (non-hydrogen) atoms. The molecule has 8 nitrogen and oxygen atoms in total. The zero-order valence-corrected chi connectivity index (χ0v) is 21.7. The van der Waals surface area contributed by atoms with Crippen molar-refractivity contribution in [3.8, 4) is 5.75 Å². The molecule has 0 unspecified atom stereocenters. The number of aliphatic hydroxyl groups excluding tert-OH is 1. The number of nitrogens with one attached hydrogen (secondary N) is 2. The summed E-state index contributed by atoms with van der Waals surface area (Å²) in [7, 11) is 1.34. The Morgan fingerprint density at radius 2 is 1.84 bits per heavy atom. The zero-order chi connectivity index (χ0) is 27.4. The van der Waals surface area contributed by atoms with Crippen LogP contribution in [0.1, 0.15) is 31.4 Å². The molecule has 0 spiro atoms. The molecule has 0 radical (unpaired) electrons. The Hall–Kier alpha value is -3.27. The fraction of sp³-hybridized carbons (Fsp3) is 0.429. The number of hydrogen-bond acceptors (Lipinski definition) is 6. The highest BCUT2D eigenvalue weighted by Crippen LogP contribution is 2.18. The van der Waals surface area contributed by atoms with Gasteiger partial charge in [0.25, 0.3) is 0 Å². The first-order valence-electron chi connectivity index (χ1n) is 12.3. The average molecular weight is 516 g/mol. The molecule has 9 heteroatoms. The molecule has 0 saturated carbocycles. The first-order valence-corrected chi connectivity index (χ1v) is 12.3. The lowest BCUT2D eigenvalue weighted by molar-refractivity contribution is -0.137. The summed E-state index contributed by atoms with van der Waals surface area (Å²) in [4.78, 5) is 25.7. The predicted molar refractivity (Wildman–Crippen MR) is 140 cm³/mol. The van der Waals surface area contributed by atoms with E-state index in [0.717, 1.165) is 5.56 Å². The highest BCUT2D eigenvalue weighted by atomic mass is 19.1. The Bertz CT molecular complexity index is 1020. The van der Waals surface area contributed by atoms with Crippen LogP contribution >= 0.6 is 0 Å². The number of hydrogen-bond donors (Lipinski definition) is 4. The number of allylic oxidation sites excluding steroid dienone is 1. The van der Waals surface area contributed by atoms with Gasteiger partial charge in [0.1, 0.15) is 30.3 Å². The fourth-order valence-corrected chi connectivity index (χ4v) is 3.67. The van der Waals surface area contributed by atoms with Crippen LogP contribution in [-0.4, -0.2) is 54.9 Å². The number of nitrogens with two attached hydrogens (primary N) is 1. The summed E-state index contributed by atoms with van der Waals surface area (Å²) < 4.78 is 24.7. The van der Waals surface area contributed by atoms with E-state index >= 15 is 0 Å². The summed E-state index contributed by atoms with van der Waals surface area (Å²) in [5, 5.41) is 16.1. The Morgan fingerprint density at radius 3 is 2.46 bits per heavy atom. The van der Waals surface area contributed by atoms with Gasteiger partial charge in [-0.15, -0.1) is 6.58 Å². The van der Waals surface area contributed by atoms with Crippen LogP contribution in [0.3, 0.4) is 0 Å². The lowest BCUT2D eigenvalue weighted by Crippen LogP contribution is -2.53. The molecule has 2 rings (SSSR count). The highest BCUT2D eigenvalue weighted by Gasteiger charge is 2.30. The summed E-state index contributed by atoms with van der Waals surface area (Å²) in [6, 6.07) is 12.1. The third-order valence-corrected chi connectivity index (χ3v) is 5.84. The smallest absolute Gasteiger partial charge is 0.249 e. The third kappa shape index (κ3) is 9.95. The van der Waals surface area contributed by atoms with Crippen LogP contribution < -0.4 is 21.1 Å². The molecule has 0 aliphatic rings. The summed E-state index contributed by atoms with van der Waals surface area (Å²) in [6.45, 7) is 7.51. The van der Waals surface area contributed by atoms with E-state index in [4.69, 9.17) is 15.2 Å². The second-order valence-corrected chi connectivity index (χ2v) is 9.22. The molecule has 0 bridgehead atoms. The minimum absolute atomic E-state index is 0.104. The molecular formula is C28H38FN3O5. The van der Waals surface area contributed by atoms with Crippen molar-refractivity contribution in [2.24, 2.45) is 11.7 Å². The summed E-state index contributed by atoms with van der Waals surface area (Å²) in [5.74, 6) is -1.22. The number of carbonyl (C=O) groups is 2. The van der Waals surface area contributed by atoms with E-state index in [2.05, 4.69) is 17.2 Å². The molecule has 0 heterocycles. The monoisotopic (exact) mass is 515 g/mol. The van der Waals surface area contributed by atoms with Gasteiger partial charge in [-0.25, -0.2) is 4.39 Å². The van der Waals surface area contributed by atoms with Crippen molar-refractivity contribution < 1.29 is 28.6 Å². The lowest BCUT2D eigenvalue weighted by Gasteiger charge is -2.26. The number of rotatable bonds is 15. The van der Waals surface area contributed by atoms with Gasteiger partial charge in [-0.05, 0) is 35.6 Å². The van der Waals surface area contributed by atoms with E-state index in [1.807, 2.05) is 44.2 Å². The average Bonchev–Trinajstić information content (AvgIpc) is 2.87. The van der Waals surface area contributed by atoms with Crippen molar-refractivity contribution in [3.63, 3.8) is 0 Å². The van der Waals surface area contributed by atoms with Crippen molar-refractivity contribution in [2.45, 2.75) is 57.5 Å². The van der Waals surface area contributed by atoms with Gasteiger partial charge in [0.15, 0.2) is 0 Å². The van der Waals surface area contributed by atoms with Crippen molar-refractivity contribution in [1.82, 2.24) is 10.6 Å². The molecule has 0 aliphatic carbocycles. The summed E-state index contributed by atoms with van der Waals surface area (Å²) in [5.41, 5.74) is 7.70. The second-order valence-electron chi connectivity index (χ2n) is 9.22. The van der Waals surface area contributed by atoms with Crippen LogP contribution in [-0.2, 0) is 27.3 Å². The first-order chi connectivity index (χ1) is 17.6. The molecule has 4 atom stereocenters. The molecule has 2 aromatic carbocycles. The third-order valence-electron chi connectivity index (χ3n) is 5.84. The van der Waals surface area contributed by atoms with Gasteiger partial charge in [0, 0.05) is 26.1 Å². The number of aliphatic hydroxyl groups is 1. The van der Waals surface area contributed by atoms with Crippen molar-refractivity contribution in [3.05, 3.63) is 78.1 Å². The predicted octanol–water partition coefficient (Wildman–Crippen LogP) is 2.48. The maximum atomic E-state index is 13.8. The zero-order valence-electron chi connectivity index (χ0n) is 21.7. The number of methoxy groups -OCH3 is 1. The molecule has 2 aromatic rings. The molecule has 2 amide bonds. The normalized spacial score (nSPS) is 14.4. The molecular weight excluding hydrogens is 477 g/mol. The van der Waals surface area contributed by atoms with Gasteiger partial charge in [-0.1, -0.05) is 50.3 Å². The maximum Gasteiger partial charge on any atom is 0.249 e. The van der Waals surface area contributed by atoms with Crippen molar-refractivity contribution in [1.29, 1.82) is 0 Å². The van der Waals surface area contributed by atoms with E-state index in [1.165, 1.54) is 19.2 Å². The van der Waals surface area contributed by atoms with E-state index in [9.17, 15) is 19.1 Å². The maximum absolute atomic E-state index is 13.8. The van der Waals surface area contributed by atoms with Crippen LogP contribution in [0, 0.1) is 11.7 Å². The van der Waals surface area contributed by atoms with Gasteiger partial charge in [-0.2, -0.15) is 0 Å². The van der Waals surface area contributed by atoms with Gasteiger partial charge in [-0.3, -0.25) is 9.59 Å². The summed E-state index contributed by atoms with van der Waals surface area (Å²) in [6.07, 6.45) is -0.178.